The number of thiophene rings is 1. The summed E-state index contributed by atoms with van der Waals surface area (Å²) in [4.78, 5) is 2.11. The highest BCUT2D eigenvalue weighted by Gasteiger charge is 2.11. The summed E-state index contributed by atoms with van der Waals surface area (Å²) in [6.45, 7) is 2.11. The van der Waals surface area contributed by atoms with Crippen molar-refractivity contribution < 1.29 is 9.29 Å². The molecular weight excluding hydrogens is 310 g/mol. The molecule has 0 bridgehead atoms. The normalized spacial score (nSPS) is 11.9. The molecule has 0 amide bonds. The third-order valence-electron chi connectivity index (χ3n) is 2.63. The van der Waals surface area contributed by atoms with Gasteiger partial charge in [-0.3, -0.25) is 0 Å². The van der Waals surface area contributed by atoms with Crippen LogP contribution < -0.4 is 15.8 Å². The van der Waals surface area contributed by atoms with E-state index in [-0.39, 0.29) is 5.82 Å². The molecule has 9 heteroatoms. The molecule has 0 aliphatic carbocycles. The smallest absolute Gasteiger partial charge is 0.232 e. The van der Waals surface area contributed by atoms with Crippen LogP contribution in [0.3, 0.4) is 0 Å². The summed E-state index contributed by atoms with van der Waals surface area (Å²) in [6, 6.07) is 2.08. The number of hydrogen-bond donors (Lipinski definition) is 2. The number of aromatic nitrogens is 2. The summed E-state index contributed by atoms with van der Waals surface area (Å²) >= 11 is 0.0340. The van der Waals surface area contributed by atoms with Crippen molar-refractivity contribution >= 4 is 34.1 Å². The quantitative estimate of drug-likeness (QED) is 0.562. The Hall–Kier alpha value is -1.42. The van der Waals surface area contributed by atoms with Gasteiger partial charge in [-0.1, -0.05) is 0 Å². The van der Waals surface area contributed by atoms with E-state index >= 15 is 0 Å². The molecule has 2 aromatic heterocycles. The van der Waals surface area contributed by atoms with Crippen LogP contribution in [0, 0.1) is 0 Å². The predicted molar refractivity (Wildman–Crippen MR) is 85.4 cm³/mol. The lowest BCUT2D eigenvalue weighted by Crippen LogP contribution is -2.12. The fraction of sp³-hybridized carbons (Fsp3) is 0.500. The highest BCUT2D eigenvalue weighted by molar-refractivity contribution is 7.14. The van der Waals surface area contributed by atoms with E-state index in [0.717, 1.165) is 18.0 Å². The Balaban J connectivity index is 1.70. The fourth-order valence-electron chi connectivity index (χ4n) is 1.75. The largest absolute Gasteiger partial charge is 0.546 e. The Bertz CT molecular complexity index is 570. The molecule has 2 heterocycles. The molecular formula is C12H19N5O2S2. The van der Waals surface area contributed by atoms with Gasteiger partial charge in [0.05, 0.1) is 6.61 Å². The number of anilines is 2. The van der Waals surface area contributed by atoms with Gasteiger partial charge in [0.1, 0.15) is 0 Å². The molecule has 2 aromatic rings. The minimum absolute atomic E-state index is 0.195. The summed E-state index contributed by atoms with van der Waals surface area (Å²) in [5.74, 6) is 0.596. The van der Waals surface area contributed by atoms with E-state index in [1.54, 1.807) is 11.3 Å². The number of nitrogens with two attached hydrogens (primary N) is 1. The van der Waals surface area contributed by atoms with Gasteiger partial charge in [0, 0.05) is 27.4 Å². The van der Waals surface area contributed by atoms with E-state index in [9.17, 15) is 4.55 Å². The Morgan fingerprint density at radius 2 is 2.29 bits per heavy atom. The number of nitrogen functional groups attached to an aromatic ring is 1. The van der Waals surface area contributed by atoms with Gasteiger partial charge in [-0.15, -0.1) is 11.3 Å². The first-order valence-corrected chi connectivity index (χ1v) is 8.43. The van der Waals surface area contributed by atoms with E-state index in [2.05, 4.69) is 25.0 Å². The van der Waals surface area contributed by atoms with Crippen molar-refractivity contribution in [1.82, 2.24) is 13.6 Å². The predicted octanol–water partition coefficient (Wildman–Crippen LogP) is 1.79. The highest BCUT2D eigenvalue weighted by atomic mass is 32.2. The molecule has 21 heavy (non-hydrogen) atoms. The Kier molecular flexibility index (Phi) is 5.74. The molecule has 0 aliphatic rings. The van der Waals surface area contributed by atoms with Crippen LogP contribution in [0.2, 0.25) is 0 Å². The Morgan fingerprint density at radius 1 is 1.48 bits per heavy atom. The zero-order valence-corrected chi connectivity index (χ0v) is 13.7. The molecule has 0 saturated carbocycles. The van der Waals surface area contributed by atoms with Crippen LogP contribution in [0.1, 0.15) is 12.0 Å². The molecule has 0 radical (unpaired) electrons. The van der Waals surface area contributed by atoms with Crippen molar-refractivity contribution in [3.05, 3.63) is 17.0 Å². The molecule has 1 unspecified atom stereocenters. The summed E-state index contributed by atoms with van der Waals surface area (Å²) in [5.41, 5.74) is 6.76. The summed E-state index contributed by atoms with van der Waals surface area (Å²) in [5, 5.41) is 6.00. The maximum Gasteiger partial charge on any atom is 0.232 e. The van der Waals surface area contributed by atoms with Gasteiger partial charge < -0.3 is 25.2 Å². The van der Waals surface area contributed by atoms with Gasteiger partial charge in [0.2, 0.25) is 11.6 Å². The first-order chi connectivity index (χ1) is 10.1. The lowest BCUT2D eigenvalue weighted by atomic mass is 10.3. The average Bonchev–Trinajstić information content (AvgIpc) is 2.95. The lowest BCUT2D eigenvalue weighted by molar-refractivity contribution is 0.313. The summed E-state index contributed by atoms with van der Waals surface area (Å²) in [6.07, 6.45) is 0.790. The maximum atomic E-state index is 11.0. The number of ether oxygens (including phenoxy) is 1. The first kappa shape index (κ1) is 16.0. The number of hydrogen-bond acceptors (Lipinski definition) is 8. The third kappa shape index (κ3) is 4.81. The van der Waals surface area contributed by atoms with E-state index in [1.165, 1.54) is 5.56 Å². The van der Waals surface area contributed by atoms with Crippen LogP contribution in [0.15, 0.2) is 11.4 Å². The van der Waals surface area contributed by atoms with Crippen LogP contribution in [-0.4, -0.2) is 45.4 Å². The molecule has 116 valence electrons. The fourth-order valence-corrected chi connectivity index (χ4v) is 3.15. The SMILES string of the molecule is CN(C)Cc1ccsc1OCCCNc1n[s+]([O-])nc1N. The van der Waals surface area contributed by atoms with Crippen molar-refractivity contribution in [3.8, 4) is 5.06 Å². The second-order valence-electron chi connectivity index (χ2n) is 4.75. The van der Waals surface area contributed by atoms with Gasteiger partial charge in [-0.2, -0.15) is 0 Å². The van der Waals surface area contributed by atoms with Crippen molar-refractivity contribution in [3.63, 3.8) is 0 Å². The van der Waals surface area contributed by atoms with E-state index < -0.39 is 11.1 Å². The number of nitrogens with zero attached hydrogens (tertiary/aromatic N) is 3. The van der Waals surface area contributed by atoms with E-state index in [4.69, 9.17) is 10.5 Å². The van der Waals surface area contributed by atoms with Crippen molar-refractivity contribution in [1.29, 1.82) is 0 Å². The zero-order valence-electron chi connectivity index (χ0n) is 12.0. The number of rotatable bonds is 8. The standard InChI is InChI=1S/C12H19N5O2S2/c1-17(2)8-9-4-7-20-12(9)19-6-3-5-14-11-10(13)15-21(18)16-11/h4,7H,3,5-6,8H2,1-2H3,(H2,13,15)(H,14,16). The monoisotopic (exact) mass is 329 g/mol. The van der Waals surface area contributed by atoms with Crippen LogP contribution in [0.5, 0.6) is 5.06 Å². The first-order valence-electron chi connectivity index (χ1n) is 6.49. The molecule has 0 aliphatic heterocycles. The molecule has 0 spiro atoms. The van der Waals surface area contributed by atoms with Crippen molar-refractivity contribution in [2.45, 2.75) is 13.0 Å². The lowest BCUT2D eigenvalue weighted by Gasteiger charge is -2.11. The molecule has 0 saturated heterocycles. The second kappa shape index (κ2) is 7.55. The van der Waals surface area contributed by atoms with Gasteiger partial charge in [-0.05, 0) is 32.0 Å². The van der Waals surface area contributed by atoms with Crippen molar-refractivity contribution in [2.24, 2.45) is 0 Å². The van der Waals surface area contributed by atoms with Crippen LogP contribution in [0.4, 0.5) is 11.6 Å². The van der Waals surface area contributed by atoms with Gasteiger partial charge >= 0.3 is 0 Å². The second-order valence-corrected chi connectivity index (χ2v) is 6.45. The van der Waals surface area contributed by atoms with Crippen LogP contribution in [-0.2, 0) is 6.54 Å². The number of nitrogens with one attached hydrogen (secondary N) is 1. The maximum absolute atomic E-state index is 11.0. The average molecular weight is 329 g/mol. The summed E-state index contributed by atoms with van der Waals surface area (Å²) < 4.78 is 24.2. The Labute approximate surface area is 130 Å². The third-order valence-corrected chi connectivity index (χ3v) is 4.19. The van der Waals surface area contributed by atoms with Crippen LogP contribution in [0.25, 0.3) is 0 Å². The van der Waals surface area contributed by atoms with E-state index in [1.807, 2.05) is 19.5 Å². The minimum atomic E-state index is -1.57. The molecule has 1 atom stereocenters. The summed E-state index contributed by atoms with van der Waals surface area (Å²) in [7, 11) is 4.06. The van der Waals surface area contributed by atoms with Crippen LogP contribution >= 0.6 is 22.5 Å². The molecule has 7 nitrogen and oxygen atoms in total. The Morgan fingerprint density at radius 3 is 2.95 bits per heavy atom. The highest BCUT2D eigenvalue weighted by Crippen LogP contribution is 2.27. The van der Waals surface area contributed by atoms with Gasteiger partial charge in [-0.25, -0.2) is 0 Å². The molecule has 3 N–H and O–H groups in total. The van der Waals surface area contributed by atoms with Gasteiger partial charge in [0.15, 0.2) is 16.2 Å². The molecule has 0 aromatic carbocycles. The molecule has 2 rings (SSSR count). The van der Waals surface area contributed by atoms with Crippen molar-refractivity contribution in [2.75, 3.05) is 38.3 Å². The zero-order chi connectivity index (χ0) is 15.2. The molecule has 0 fully saturated rings. The topological polar surface area (TPSA) is 99.4 Å². The van der Waals surface area contributed by atoms with Gasteiger partial charge in [0.25, 0.3) is 0 Å². The van der Waals surface area contributed by atoms with E-state index in [0.29, 0.717) is 19.0 Å². The minimum Gasteiger partial charge on any atom is -0.546 e.